The van der Waals surface area contributed by atoms with Crippen LogP contribution in [0.3, 0.4) is 0 Å². The Morgan fingerprint density at radius 2 is 1.81 bits per heavy atom. The Kier molecular flexibility index (Phi) is 4.19. The van der Waals surface area contributed by atoms with E-state index in [1.54, 1.807) is 19.9 Å². The van der Waals surface area contributed by atoms with Crippen molar-refractivity contribution in [3.63, 3.8) is 0 Å². The van der Waals surface area contributed by atoms with Crippen molar-refractivity contribution in [2.45, 2.75) is 40.0 Å². The molecule has 0 saturated carbocycles. The summed E-state index contributed by atoms with van der Waals surface area (Å²) in [5.41, 5.74) is 1.11. The number of hydrogen-bond acceptors (Lipinski definition) is 3. The number of ether oxygens (including phenoxy) is 1. The van der Waals surface area contributed by atoms with Crippen LogP contribution in [0.2, 0.25) is 5.15 Å². The van der Waals surface area contributed by atoms with Gasteiger partial charge in [0.25, 0.3) is 0 Å². The van der Waals surface area contributed by atoms with Crippen molar-refractivity contribution in [1.82, 2.24) is 9.97 Å². The smallest absolute Gasteiger partial charge is 0.227 e. The van der Waals surface area contributed by atoms with Gasteiger partial charge in [0.1, 0.15) is 22.5 Å². The maximum Gasteiger partial charge on any atom is 0.227 e. The SMILES string of the molecule is Cc1cc(F)ccc1Oc1nc(C(C)(C)C)nc(Cl)c1C. The lowest BCUT2D eigenvalue weighted by molar-refractivity contribution is 0.438. The van der Waals surface area contributed by atoms with Crippen LogP contribution >= 0.6 is 11.6 Å². The van der Waals surface area contributed by atoms with E-state index in [2.05, 4.69) is 9.97 Å². The zero-order valence-electron chi connectivity index (χ0n) is 12.8. The molecule has 0 atom stereocenters. The lowest BCUT2D eigenvalue weighted by Crippen LogP contribution is -2.17. The van der Waals surface area contributed by atoms with Gasteiger partial charge in [0, 0.05) is 11.0 Å². The van der Waals surface area contributed by atoms with Gasteiger partial charge in [-0.3, -0.25) is 0 Å². The Morgan fingerprint density at radius 3 is 2.38 bits per heavy atom. The molecule has 0 spiro atoms. The molecule has 0 amide bonds. The van der Waals surface area contributed by atoms with Gasteiger partial charge < -0.3 is 4.74 Å². The summed E-state index contributed by atoms with van der Waals surface area (Å²) < 4.78 is 19.0. The fourth-order valence-corrected chi connectivity index (χ4v) is 1.90. The van der Waals surface area contributed by atoms with E-state index in [1.807, 2.05) is 20.8 Å². The molecule has 0 fully saturated rings. The minimum absolute atomic E-state index is 0.243. The lowest BCUT2D eigenvalue weighted by Gasteiger charge is -2.19. The Hall–Kier alpha value is -1.68. The number of hydrogen-bond donors (Lipinski definition) is 0. The highest BCUT2D eigenvalue weighted by Crippen LogP contribution is 2.31. The molecule has 5 heteroatoms. The van der Waals surface area contributed by atoms with E-state index in [0.717, 1.165) is 0 Å². The molecule has 1 aromatic heterocycles. The zero-order valence-corrected chi connectivity index (χ0v) is 13.5. The molecule has 3 nitrogen and oxygen atoms in total. The monoisotopic (exact) mass is 308 g/mol. The molecule has 1 aromatic carbocycles. The van der Waals surface area contributed by atoms with Gasteiger partial charge in [0.2, 0.25) is 5.88 Å². The summed E-state index contributed by atoms with van der Waals surface area (Å²) in [5.74, 6) is 1.25. The van der Waals surface area contributed by atoms with E-state index in [4.69, 9.17) is 16.3 Å². The summed E-state index contributed by atoms with van der Waals surface area (Å²) in [6.07, 6.45) is 0. The maximum atomic E-state index is 13.1. The summed E-state index contributed by atoms with van der Waals surface area (Å²) in [7, 11) is 0. The first kappa shape index (κ1) is 15.7. The van der Waals surface area contributed by atoms with Gasteiger partial charge in [-0.15, -0.1) is 0 Å². The van der Waals surface area contributed by atoms with E-state index in [-0.39, 0.29) is 11.2 Å². The first-order valence-corrected chi connectivity index (χ1v) is 7.05. The third-order valence-corrected chi connectivity index (χ3v) is 3.42. The van der Waals surface area contributed by atoms with Crippen LogP contribution < -0.4 is 4.74 Å². The molecule has 0 radical (unpaired) electrons. The molecule has 2 aromatic rings. The molecule has 21 heavy (non-hydrogen) atoms. The van der Waals surface area contributed by atoms with E-state index in [0.29, 0.717) is 33.7 Å². The van der Waals surface area contributed by atoms with Crippen molar-refractivity contribution in [3.05, 3.63) is 46.1 Å². The third-order valence-electron chi connectivity index (χ3n) is 3.06. The van der Waals surface area contributed by atoms with Gasteiger partial charge in [0.15, 0.2) is 0 Å². The highest BCUT2D eigenvalue weighted by Gasteiger charge is 2.21. The second-order valence-electron chi connectivity index (χ2n) is 6.03. The maximum absolute atomic E-state index is 13.1. The van der Waals surface area contributed by atoms with E-state index >= 15 is 0 Å². The molecule has 2 rings (SSSR count). The molecule has 0 aliphatic rings. The van der Waals surface area contributed by atoms with E-state index in [1.165, 1.54) is 12.1 Å². The number of rotatable bonds is 2. The Bertz CT molecular complexity index is 681. The summed E-state index contributed by atoms with van der Waals surface area (Å²) in [5, 5.41) is 0.365. The van der Waals surface area contributed by atoms with E-state index < -0.39 is 0 Å². The van der Waals surface area contributed by atoms with Crippen LogP contribution in [0.25, 0.3) is 0 Å². The summed E-state index contributed by atoms with van der Waals surface area (Å²) in [6, 6.07) is 4.35. The van der Waals surface area contributed by atoms with Gasteiger partial charge in [0.05, 0.1) is 0 Å². The minimum atomic E-state index is -0.298. The second-order valence-corrected chi connectivity index (χ2v) is 6.39. The molecule has 1 heterocycles. The van der Waals surface area contributed by atoms with Crippen LogP contribution in [0.4, 0.5) is 4.39 Å². The van der Waals surface area contributed by atoms with Crippen LogP contribution in [0, 0.1) is 19.7 Å². The summed E-state index contributed by atoms with van der Waals surface area (Å²) in [4.78, 5) is 8.75. The third kappa shape index (κ3) is 3.50. The number of nitrogens with zero attached hydrogens (tertiary/aromatic N) is 2. The summed E-state index contributed by atoms with van der Waals surface area (Å²) in [6.45, 7) is 9.58. The molecule has 112 valence electrons. The molecule has 0 aliphatic heterocycles. The first-order chi connectivity index (χ1) is 9.68. The van der Waals surface area contributed by atoms with Crippen molar-refractivity contribution >= 4 is 11.6 Å². The topological polar surface area (TPSA) is 35.0 Å². The Balaban J connectivity index is 2.46. The number of halogens is 2. The standard InChI is InChI=1S/C16H18ClFN2O/c1-9-8-11(18)6-7-12(9)21-14-10(2)13(17)19-15(20-14)16(3,4)5/h6-8H,1-5H3. The highest BCUT2D eigenvalue weighted by molar-refractivity contribution is 6.30. The lowest BCUT2D eigenvalue weighted by atomic mass is 9.96. The van der Waals surface area contributed by atoms with Crippen LogP contribution in [0.1, 0.15) is 37.7 Å². The normalized spacial score (nSPS) is 11.6. The summed E-state index contributed by atoms with van der Waals surface area (Å²) >= 11 is 6.17. The van der Waals surface area contributed by atoms with Gasteiger partial charge >= 0.3 is 0 Å². The fourth-order valence-electron chi connectivity index (χ4n) is 1.74. The Labute approximate surface area is 129 Å². The highest BCUT2D eigenvalue weighted by atomic mass is 35.5. The van der Waals surface area contributed by atoms with Gasteiger partial charge in [-0.1, -0.05) is 32.4 Å². The van der Waals surface area contributed by atoms with Gasteiger partial charge in [-0.25, -0.2) is 9.37 Å². The average molecular weight is 309 g/mol. The first-order valence-electron chi connectivity index (χ1n) is 6.67. The fraction of sp³-hybridized carbons (Fsp3) is 0.375. The Morgan fingerprint density at radius 1 is 1.14 bits per heavy atom. The predicted molar refractivity (Wildman–Crippen MR) is 81.7 cm³/mol. The van der Waals surface area contributed by atoms with Crippen molar-refractivity contribution in [3.8, 4) is 11.6 Å². The molecule has 0 unspecified atom stereocenters. The zero-order chi connectivity index (χ0) is 15.8. The van der Waals surface area contributed by atoms with Crippen LogP contribution in [0.5, 0.6) is 11.6 Å². The molecule has 0 N–H and O–H groups in total. The van der Waals surface area contributed by atoms with Gasteiger partial charge in [-0.05, 0) is 37.6 Å². The van der Waals surface area contributed by atoms with Crippen molar-refractivity contribution in [2.75, 3.05) is 0 Å². The van der Waals surface area contributed by atoms with Crippen LogP contribution in [-0.4, -0.2) is 9.97 Å². The average Bonchev–Trinajstić information content (AvgIpc) is 2.36. The molecule has 0 saturated heterocycles. The minimum Gasteiger partial charge on any atom is -0.438 e. The van der Waals surface area contributed by atoms with Crippen LogP contribution in [0.15, 0.2) is 18.2 Å². The quantitative estimate of drug-likeness (QED) is 0.734. The van der Waals surface area contributed by atoms with Crippen molar-refractivity contribution in [1.29, 1.82) is 0 Å². The van der Waals surface area contributed by atoms with Gasteiger partial charge in [-0.2, -0.15) is 4.98 Å². The molecular formula is C16H18ClFN2O. The molecule has 0 aliphatic carbocycles. The molecular weight excluding hydrogens is 291 g/mol. The van der Waals surface area contributed by atoms with Crippen molar-refractivity contribution < 1.29 is 9.13 Å². The number of aromatic nitrogens is 2. The van der Waals surface area contributed by atoms with Crippen molar-refractivity contribution in [2.24, 2.45) is 0 Å². The number of benzene rings is 1. The number of aryl methyl sites for hydroxylation is 1. The largest absolute Gasteiger partial charge is 0.438 e. The van der Waals surface area contributed by atoms with E-state index in [9.17, 15) is 4.39 Å². The molecule has 0 bridgehead atoms. The predicted octanol–water partition coefficient (Wildman–Crippen LogP) is 4.98. The second kappa shape index (κ2) is 5.60. The van der Waals surface area contributed by atoms with Crippen LogP contribution in [-0.2, 0) is 5.41 Å².